The number of hydrogen-bond donors (Lipinski definition) is 1. The van der Waals surface area contributed by atoms with E-state index in [9.17, 15) is 14.7 Å². The van der Waals surface area contributed by atoms with E-state index < -0.39 is 17.7 Å². The maximum absolute atomic E-state index is 13.5. The van der Waals surface area contributed by atoms with E-state index in [0.717, 1.165) is 19.5 Å². The zero-order valence-corrected chi connectivity index (χ0v) is 23.0. The molecule has 2 saturated heterocycles. The first-order chi connectivity index (χ1) is 19.5. The number of amides is 1. The second kappa shape index (κ2) is 12.6. The second-order valence-corrected chi connectivity index (χ2v) is 9.79. The molecule has 2 fully saturated rings. The normalized spacial score (nSPS) is 20.6. The van der Waals surface area contributed by atoms with Gasteiger partial charge in [0.15, 0.2) is 23.0 Å². The number of aliphatic hydroxyl groups is 1. The summed E-state index contributed by atoms with van der Waals surface area (Å²) in [5.74, 6) is 0.499. The summed E-state index contributed by atoms with van der Waals surface area (Å²) in [6, 6.07) is 9.59. The molecule has 0 bridgehead atoms. The Labute approximate surface area is 234 Å². The number of ether oxygens (including phenoxy) is 5. The number of morpholine rings is 1. The van der Waals surface area contributed by atoms with Crippen LogP contribution in [0.3, 0.4) is 0 Å². The summed E-state index contributed by atoms with van der Waals surface area (Å²) < 4.78 is 28.5. The van der Waals surface area contributed by atoms with Crippen molar-refractivity contribution in [2.24, 2.45) is 0 Å². The third kappa shape index (κ3) is 5.73. The Bertz CT molecular complexity index is 1270. The van der Waals surface area contributed by atoms with Gasteiger partial charge in [0, 0.05) is 31.7 Å². The van der Waals surface area contributed by atoms with Gasteiger partial charge < -0.3 is 33.7 Å². The Morgan fingerprint density at radius 2 is 1.70 bits per heavy atom. The molecule has 0 unspecified atom stereocenters. The molecule has 3 aliphatic heterocycles. The number of nitrogens with zero attached hydrogens (tertiary/aromatic N) is 2. The number of hydrogen-bond acceptors (Lipinski definition) is 9. The predicted molar refractivity (Wildman–Crippen MR) is 147 cm³/mol. The first kappa shape index (κ1) is 27.8. The van der Waals surface area contributed by atoms with E-state index in [1.807, 2.05) is 19.9 Å². The summed E-state index contributed by atoms with van der Waals surface area (Å²) in [6.07, 6.45) is 0.838. The van der Waals surface area contributed by atoms with Gasteiger partial charge in [0.1, 0.15) is 19.0 Å². The number of Topliss-reactive ketones (excluding diaryl/α,β-unsaturated/α-hetero) is 1. The van der Waals surface area contributed by atoms with Crippen LogP contribution in [0.15, 0.2) is 42.0 Å². The number of rotatable bonds is 10. The lowest BCUT2D eigenvalue weighted by Crippen LogP contribution is -2.42. The van der Waals surface area contributed by atoms with E-state index in [0.29, 0.717) is 86.9 Å². The van der Waals surface area contributed by atoms with Crippen molar-refractivity contribution in [2.75, 3.05) is 65.8 Å². The fourth-order valence-corrected chi connectivity index (χ4v) is 5.17. The van der Waals surface area contributed by atoms with Crippen molar-refractivity contribution in [3.05, 3.63) is 53.1 Å². The minimum atomic E-state index is -0.811. The van der Waals surface area contributed by atoms with E-state index in [2.05, 4.69) is 4.90 Å². The van der Waals surface area contributed by atoms with Crippen molar-refractivity contribution in [1.82, 2.24) is 9.80 Å². The summed E-state index contributed by atoms with van der Waals surface area (Å²) in [6.45, 7) is 9.32. The van der Waals surface area contributed by atoms with E-state index in [-0.39, 0.29) is 11.3 Å². The Balaban J connectivity index is 1.56. The molecule has 0 saturated carbocycles. The predicted octanol–water partition coefficient (Wildman–Crippen LogP) is 3.40. The zero-order valence-electron chi connectivity index (χ0n) is 23.0. The fraction of sp³-hybridized carbons (Fsp3) is 0.467. The van der Waals surface area contributed by atoms with Gasteiger partial charge in [-0.1, -0.05) is 13.0 Å². The Morgan fingerprint density at radius 1 is 0.925 bits per heavy atom. The van der Waals surface area contributed by atoms with Gasteiger partial charge in [0.05, 0.1) is 38.0 Å². The van der Waals surface area contributed by atoms with Gasteiger partial charge in [-0.25, -0.2) is 0 Å². The van der Waals surface area contributed by atoms with Crippen LogP contribution in [-0.4, -0.2) is 92.4 Å². The Kier molecular flexibility index (Phi) is 8.76. The van der Waals surface area contributed by atoms with Crippen LogP contribution in [0, 0.1) is 0 Å². The molecule has 3 heterocycles. The van der Waals surface area contributed by atoms with Gasteiger partial charge >= 0.3 is 0 Å². The highest BCUT2D eigenvalue weighted by molar-refractivity contribution is 6.46. The average molecular weight is 553 g/mol. The Morgan fingerprint density at radius 3 is 2.45 bits per heavy atom. The molecule has 0 radical (unpaired) electrons. The molecular formula is C30H36N2O8. The molecule has 2 aromatic rings. The van der Waals surface area contributed by atoms with Crippen molar-refractivity contribution < 1.29 is 38.4 Å². The molecule has 5 rings (SSSR count). The van der Waals surface area contributed by atoms with Crippen LogP contribution in [0.25, 0.3) is 5.76 Å². The van der Waals surface area contributed by atoms with Crippen LogP contribution < -0.4 is 18.9 Å². The molecule has 1 N–H and O–H groups in total. The molecule has 10 heteroatoms. The molecule has 1 atom stereocenters. The second-order valence-electron chi connectivity index (χ2n) is 9.79. The molecule has 40 heavy (non-hydrogen) atoms. The highest BCUT2D eigenvalue weighted by atomic mass is 16.6. The average Bonchev–Trinajstić information content (AvgIpc) is 3.24. The lowest BCUT2D eigenvalue weighted by molar-refractivity contribution is -0.140. The number of aliphatic hydroxyl groups excluding tert-OH is 1. The fourth-order valence-electron chi connectivity index (χ4n) is 5.17. The molecule has 10 nitrogen and oxygen atoms in total. The molecule has 0 aromatic heterocycles. The molecular weight excluding hydrogens is 516 g/mol. The van der Waals surface area contributed by atoms with Crippen molar-refractivity contribution in [2.45, 2.75) is 26.3 Å². The van der Waals surface area contributed by atoms with Gasteiger partial charge in [-0.15, -0.1) is 0 Å². The van der Waals surface area contributed by atoms with Gasteiger partial charge in [0.25, 0.3) is 11.7 Å². The van der Waals surface area contributed by atoms with Crippen molar-refractivity contribution in [3.63, 3.8) is 0 Å². The molecule has 1 amide bonds. The van der Waals surface area contributed by atoms with E-state index in [4.69, 9.17) is 23.7 Å². The summed E-state index contributed by atoms with van der Waals surface area (Å²) in [7, 11) is 0. The van der Waals surface area contributed by atoms with Gasteiger partial charge in [-0.05, 0) is 49.2 Å². The van der Waals surface area contributed by atoms with Gasteiger partial charge in [0.2, 0.25) is 0 Å². The number of ketones is 1. The van der Waals surface area contributed by atoms with Crippen LogP contribution in [0.2, 0.25) is 0 Å². The molecule has 0 aliphatic carbocycles. The number of carbonyl (C=O) groups is 2. The van der Waals surface area contributed by atoms with Crippen LogP contribution >= 0.6 is 0 Å². The van der Waals surface area contributed by atoms with Crippen LogP contribution in [0.5, 0.6) is 23.0 Å². The van der Waals surface area contributed by atoms with E-state index >= 15 is 0 Å². The quantitative estimate of drug-likeness (QED) is 0.270. The molecule has 0 spiro atoms. The zero-order chi connectivity index (χ0) is 28.1. The van der Waals surface area contributed by atoms with Crippen molar-refractivity contribution in [1.29, 1.82) is 0 Å². The summed E-state index contributed by atoms with van der Waals surface area (Å²) in [5.41, 5.74) is 1.04. The van der Waals surface area contributed by atoms with Crippen molar-refractivity contribution >= 4 is 17.4 Å². The SMILES string of the molecule is CCCOc1ccc([C@H]2/C(=C(\O)c3ccc4c(c3)OCCO4)C(=O)C(=O)N2CCN2CCOCC2)cc1OCC. The highest BCUT2D eigenvalue weighted by Crippen LogP contribution is 2.43. The third-order valence-corrected chi connectivity index (χ3v) is 7.16. The lowest BCUT2D eigenvalue weighted by atomic mass is 9.94. The largest absolute Gasteiger partial charge is 0.507 e. The molecule has 2 aromatic carbocycles. The number of likely N-dealkylation sites (tertiary alicyclic amines) is 1. The molecule has 3 aliphatic rings. The first-order valence-corrected chi connectivity index (χ1v) is 13.9. The first-order valence-electron chi connectivity index (χ1n) is 13.9. The van der Waals surface area contributed by atoms with Gasteiger partial charge in [-0.3, -0.25) is 14.5 Å². The van der Waals surface area contributed by atoms with Crippen LogP contribution in [-0.2, 0) is 14.3 Å². The summed E-state index contributed by atoms with van der Waals surface area (Å²) >= 11 is 0. The number of fused-ring (bicyclic) bond motifs is 1. The summed E-state index contributed by atoms with van der Waals surface area (Å²) in [4.78, 5) is 30.7. The smallest absolute Gasteiger partial charge is 0.295 e. The van der Waals surface area contributed by atoms with Crippen LogP contribution in [0.1, 0.15) is 37.4 Å². The number of benzene rings is 2. The maximum Gasteiger partial charge on any atom is 0.295 e. The minimum Gasteiger partial charge on any atom is -0.507 e. The standard InChI is InChI=1S/C30H36N2O8/c1-3-13-38-22-7-5-20(18-24(22)37-4-2)27-26(28(33)21-6-8-23-25(19-21)40-17-16-39-23)29(34)30(35)32(27)10-9-31-11-14-36-15-12-31/h5-8,18-19,27,33H,3-4,9-17H2,1-2H3/b28-26+/t27-/m0/s1. The lowest BCUT2D eigenvalue weighted by Gasteiger charge is -2.31. The molecule has 214 valence electrons. The van der Waals surface area contributed by atoms with Crippen molar-refractivity contribution in [3.8, 4) is 23.0 Å². The topological polar surface area (TPSA) is 107 Å². The number of carbonyl (C=O) groups excluding carboxylic acids is 2. The maximum atomic E-state index is 13.5. The van der Waals surface area contributed by atoms with Crippen LogP contribution in [0.4, 0.5) is 0 Å². The van der Waals surface area contributed by atoms with Gasteiger partial charge in [-0.2, -0.15) is 0 Å². The minimum absolute atomic E-state index is 0.0216. The highest BCUT2D eigenvalue weighted by Gasteiger charge is 2.46. The monoisotopic (exact) mass is 552 g/mol. The van der Waals surface area contributed by atoms with E-state index in [1.54, 1.807) is 35.2 Å². The van der Waals surface area contributed by atoms with E-state index in [1.165, 1.54) is 0 Å². The third-order valence-electron chi connectivity index (χ3n) is 7.16. The Hall–Kier alpha value is -3.76. The summed E-state index contributed by atoms with van der Waals surface area (Å²) in [5, 5.41) is 11.5.